The van der Waals surface area contributed by atoms with Gasteiger partial charge in [-0.05, 0) is 37.1 Å². The number of ether oxygens (including phenoxy) is 1. The van der Waals surface area contributed by atoms with Gasteiger partial charge in [0.15, 0.2) is 0 Å². The molecule has 0 aliphatic rings. The van der Waals surface area contributed by atoms with Crippen LogP contribution in [0.1, 0.15) is 31.4 Å². The van der Waals surface area contributed by atoms with Crippen LogP contribution in [0.4, 0.5) is 0 Å². The lowest BCUT2D eigenvalue weighted by molar-refractivity contribution is 0.301. The molecule has 0 spiro atoms. The van der Waals surface area contributed by atoms with Crippen molar-refractivity contribution in [2.24, 2.45) is 0 Å². The number of halogens is 1. The number of benzene rings is 2. The zero-order chi connectivity index (χ0) is 15.1. The van der Waals surface area contributed by atoms with Gasteiger partial charge < -0.3 is 10.1 Å². The fourth-order valence-corrected chi connectivity index (χ4v) is 2.09. The number of nitrogens with one attached hydrogen (secondary N) is 1. The summed E-state index contributed by atoms with van der Waals surface area (Å²) in [5, 5.41) is 4.24. The molecule has 1 atom stereocenters. The van der Waals surface area contributed by atoms with Gasteiger partial charge in [-0.1, -0.05) is 48.9 Å². The number of hydrogen-bond acceptors (Lipinski definition) is 2. The fraction of sp³-hybridized carbons (Fsp3) is 0.333. The van der Waals surface area contributed by atoms with E-state index in [1.54, 1.807) is 0 Å². The van der Waals surface area contributed by atoms with Crippen LogP contribution in [-0.4, -0.2) is 6.04 Å². The third-order valence-electron chi connectivity index (χ3n) is 3.53. The maximum absolute atomic E-state index is 5.95. The molecule has 0 radical (unpaired) electrons. The summed E-state index contributed by atoms with van der Waals surface area (Å²) < 4.78 is 5.95. The fourth-order valence-electron chi connectivity index (χ4n) is 1.96. The van der Waals surface area contributed by atoms with E-state index in [1.165, 1.54) is 5.56 Å². The van der Waals surface area contributed by atoms with Gasteiger partial charge in [0.2, 0.25) is 0 Å². The predicted octanol–water partition coefficient (Wildman–Crippen LogP) is 4.81. The molecular weight excluding hydrogens is 282 g/mol. The first-order valence-electron chi connectivity index (χ1n) is 7.37. The van der Waals surface area contributed by atoms with E-state index < -0.39 is 0 Å². The van der Waals surface area contributed by atoms with Crippen LogP contribution >= 0.6 is 11.6 Å². The van der Waals surface area contributed by atoms with Gasteiger partial charge in [0.05, 0.1) is 0 Å². The van der Waals surface area contributed by atoms with E-state index in [9.17, 15) is 0 Å². The monoisotopic (exact) mass is 303 g/mol. The van der Waals surface area contributed by atoms with Gasteiger partial charge in [-0.2, -0.15) is 0 Å². The van der Waals surface area contributed by atoms with Crippen molar-refractivity contribution in [2.75, 3.05) is 0 Å². The van der Waals surface area contributed by atoms with Gasteiger partial charge >= 0.3 is 0 Å². The molecule has 2 nitrogen and oxygen atoms in total. The summed E-state index contributed by atoms with van der Waals surface area (Å²) in [6.07, 6.45) is 1.12. The Hall–Kier alpha value is -1.51. The van der Waals surface area contributed by atoms with E-state index in [0.717, 1.165) is 29.3 Å². The minimum Gasteiger partial charge on any atom is -0.489 e. The van der Waals surface area contributed by atoms with E-state index in [0.29, 0.717) is 12.6 Å². The average molecular weight is 304 g/mol. The Kier molecular flexibility index (Phi) is 6.09. The number of rotatable bonds is 7. The molecule has 0 bridgehead atoms. The Balaban J connectivity index is 1.97. The third kappa shape index (κ3) is 5.07. The van der Waals surface area contributed by atoms with Gasteiger partial charge in [0.25, 0.3) is 0 Å². The molecule has 2 rings (SSSR count). The van der Waals surface area contributed by atoms with Crippen LogP contribution in [0.3, 0.4) is 0 Å². The lowest BCUT2D eigenvalue weighted by atomic mass is 10.1. The van der Waals surface area contributed by atoms with E-state index in [1.807, 2.05) is 42.5 Å². The maximum atomic E-state index is 5.95. The van der Waals surface area contributed by atoms with Crippen molar-refractivity contribution in [2.45, 2.75) is 39.5 Å². The van der Waals surface area contributed by atoms with Crippen LogP contribution < -0.4 is 10.1 Å². The molecule has 0 fully saturated rings. The second-order valence-corrected chi connectivity index (χ2v) is 5.65. The minimum atomic E-state index is 0.509. The highest BCUT2D eigenvalue weighted by Crippen LogP contribution is 2.20. The molecule has 0 aliphatic heterocycles. The van der Waals surface area contributed by atoms with Gasteiger partial charge in [-0.25, -0.2) is 0 Å². The minimum absolute atomic E-state index is 0.509. The molecule has 1 N–H and O–H groups in total. The smallest absolute Gasteiger partial charge is 0.124 e. The molecule has 0 heterocycles. The maximum Gasteiger partial charge on any atom is 0.124 e. The number of para-hydroxylation sites is 1. The summed E-state index contributed by atoms with van der Waals surface area (Å²) in [5.74, 6) is 0.934. The number of hydrogen-bond donors (Lipinski definition) is 1. The zero-order valence-electron chi connectivity index (χ0n) is 12.6. The second kappa shape index (κ2) is 8.06. The second-order valence-electron chi connectivity index (χ2n) is 5.21. The van der Waals surface area contributed by atoms with Gasteiger partial charge in [0, 0.05) is 23.2 Å². The summed E-state index contributed by atoms with van der Waals surface area (Å²) in [6.45, 7) is 5.75. The largest absolute Gasteiger partial charge is 0.489 e. The topological polar surface area (TPSA) is 21.3 Å². The first-order chi connectivity index (χ1) is 10.2. The molecule has 21 heavy (non-hydrogen) atoms. The summed E-state index contributed by atoms with van der Waals surface area (Å²) in [7, 11) is 0. The van der Waals surface area contributed by atoms with Gasteiger partial charge in [-0.3, -0.25) is 0 Å². The zero-order valence-corrected chi connectivity index (χ0v) is 13.4. The highest BCUT2D eigenvalue weighted by Gasteiger charge is 2.05. The van der Waals surface area contributed by atoms with Crippen molar-refractivity contribution < 1.29 is 4.74 Å². The van der Waals surface area contributed by atoms with E-state index >= 15 is 0 Å². The lowest BCUT2D eigenvalue weighted by Gasteiger charge is -2.15. The Morgan fingerprint density at radius 3 is 2.52 bits per heavy atom. The van der Waals surface area contributed by atoms with Crippen molar-refractivity contribution >= 4 is 11.6 Å². The molecule has 2 aromatic carbocycles. The van der Waals surface area contributed by atoms with Crippen molar-refractivity contribution in [3.63, 3.8) is 0 Å². The van der Waals surface area contributed by atoms with Crippen molar-refractivity contribution in [1.29, 1.82) is 0 Å². The molecule has 0 aliphatic carbocycles. The Labute approximate surface area is 132 Å². The molecule has 3 heteroatoms. The van der Waals surface area contributed by atoms with Crippen LogP contribution in [0.2, 0.25) is 5.02 Å². The van der Waals surface area contributed by atoms with Crippen LogP contribution in [-0.2, 0) is 13.2 Å². The molecule has 0 saturated heterocycles. The Morgan fingerprint density at radius 2 is 1.81 bits per heavy atom. The molecule has 0 amide bonds. The van der Waals surface area contributed by atoms with Gasteiger partial charge in [0.1, 0.15) is 12.4 Å². The Morgan fingerprint density at radius 1 is 1.10 bits per heavy atom. The van der Waals surface area contributed by atoms with Crippen LogP contribution in [0, 0.1) is 0 Å². The van der Waals surface area contributed by atoms with E-state index in [4.69, 9.17) is 16.3 Å². The highest BCUT2D eigenvalue weighted by molar-refractivity contribution is 6.30. The predicted molar refractivity (Wildman–Crippen MR) is 88.8 cm³/mol. The molecule has 0 saturated carbocycles. The summed E-state index contributed by atoms with van der Waals surface area (Å²) in [5.41, 5.74) is 2.30. The summed E-state index contributed by atoms with van der Waals surface area (Å²) in [4.78, 5) is 0. The van der Waals surface area contributed by atoms with E-state index in [-0.39, 0.29) is 0 Å². The normalized spacial score (nSPS) is 12.1. The third-order valence-corrected chi connectivity index (χ3v) is 3.79. The first-order valence-corrected chi connectivity index (χ1v) is 7.75. The molecular formula is C18H22ClNO. The van der Waals surface area contributed by atoms with Crippen molar-refractivity contribution in [1.82, 2.24) is 5.32 Å². The lowest BCUT2D eigenvalue weighted by Crippen LogP contribution is -2.24. The molecule has 2 aromatic rings. The summed E-state index contributed by atoms with van der Waals surface area (Å²) >= 11 is 5.89. The SMILES string of the molecule is CCC(C)NCc1ccccc1OCc1ccc(Cl)cc1. The van der Waals surface area contributed by atoms with Gasteiger partial charge in [-0.15, -0.1) is 0 Å². The molecule has 1 unspecified atom stereocenters. The van der Waals surface area contributed by atoms with Crippen LogP contribution in [0.5, 0.6) is 5.75 Å². The van der Waals surface area contributed by atoms with Crippen molar-refractivity contribution in [3.8, 4) is 5.75 Å². The quantitative estimate of drug-likeness (QED) is 0.793. The van der Waals surface area contributed by atoms with Crippen molar-refractivity contribution in [3.05, 3.63) is 64.7 Å². The average Bonchev–Trinajstić information content (AvgIpc) is 2.52. The Bertz CT molecular complexity index is 553. The van der Waals surface area contributed by atoms with E-state index in [2.05, 4.69) is 25.2 Å². The summed E-state index contributed by atoms with van der Waals surface area (Å²) in [6, 6.07) is 16.4. The standard InChI is InChI=1S/C18H22ClNO/c1-3-14(2)20-12-16-6-4-5-7-18(16)21-13-15-8-10-17(19)11-9-15/h4-11,14,20H,3,12-13H2,1-2H3. The molecule has 0 aromatic heterocycles. The molecule has 112 valence electrons. The highest BCUT2D eigenvalue weighted by atomic mass is 35.5. The first kappa shape index (κ1) is 15.9. The van der Waals surface area contributed by atoms with Crippen LogP contribution in [0.25, 0.3) is 0 Å². The van der Waals surface area contributed by atoms with Crippen LogP contribution in [0.15, 0.2) is 48.5 Å².